The predicted octanol–water partition coefficient (Wildman–Crippen LogP) is 1.38. The summed E-state index contributed by atoms with van der Waals surface area (Å²) in [4.78, 5) is 14.0. The van der Waals surface area contributed by atoms with E-state index in [1.54, 1.807) is 6.08 Å². The van der Waals surface area contributed by atoms with E-state index < -0.39 is 0 Å². The molecule has 0 saturated carbocycles. The first kappa shape index (κ1) is 16.5. The lowest BCUT2D eigenvalue weighted by atomic mass is 9.97. The Morgan fingerprint density at radius 3 is 2.32 bits per heavy atom. The number of anilines is 1. The molecule has 1 aromatic carbocycles. The molecule has 1 amide bonds. The average molecular weight is 302 g/mol. The minimum Gasteiger partial charge on any atom is -0.378 e. The molecule has 5 heteroatoms. The Kier molecular flexibility index (Phi) is 5.57. The van der Waals surface area contributed by atoms with Crippen molar-refractivity contribution in [2.24, 2.45) is 5.92 Å². The standard InChI is InChI=1S/C17H26N4O/c1-12-16(13(2)20-19-12)11-18-17(22)10-7-14-5-8-15(9-6-14)21(3)4/h5-10,12-13,16,19-20H,11H2,1-4H3,(H,18,22)/b10-7+. The Labute approximate surface area is 132 Å². The van der Waals surface area contributed by atoms with E-state index in [0.717, 1.165) is 11.3 Å². The molecule has 2 atom stereocenters. The van der Waals surface area contributed by atoms with Crippen molar-refractivity contribution >= 4 is 17.7 Å². The fourth-order valence-electron chi connectivity index (χ4n) is 2.60. The Hall–Kier alpha value is -1.85. The quantitative estimate of drug-likeness (QED) is 0.719. The Morgan fingerprint density at radius 1 is 1.18 bits per heavy atom. The van der Waals surface area contributed by atoms with Gasteiger partial charge < -0.3 is 10.2 Å². The van der Waals surface area contributed by atoms with Crippen LogP contribution in [-0.2, 0) is 4.79 Å². The summed E-state index contributed by atoms with van der Waals surface area (Å²) in [7, 11) is 4.01. The van der Waals surface area contributed by atoms with Gasteiger partial charge >= 0.3 is 0 Å². The van der Waals surface area contributed by atoms with Crippen LogP contribution in [0.15, 0.2) is 30.3 Å². The van der Waals surface area contributed by atoms with Crippen molar-refractivity contribution in [1.29, 1.82) is 0 Å². The van der Waals surface area contributed by atoms with Crippen LogP contribution < -0.4 is 21.1 Å². The number of nitrogens with zero attached hydrogens (tertiary/aromatic N) is 1. The van der Waals surface area contributed by atoms with Crippen molar-refractivity contribution in [3.05, 3.63) is 35.9 Å². The number of hydrazine groups is 1. The van der Waals surface area contributed by atoms with Crippen LogP contribution >= 0.6 is 0 Å². The van der Waals surface area contributed by atoms with Crippen LogP contribution in [-0.4, -0.2) is 38.6 Å². The van der Waals surface area contributed by atoms with Gasteiger partial charge in [0.2, 0.25) is 5.91 Å². The molecule has 2 unspecified atom stereocenters. The summed E-state index contributed by atoms with van der Waals surface area (Å²) in [5, 5.41) is 2.97. The number of carbonyl (C=O) groups excluding carboxylic acids is 1. The molecule has 1 fully saturated rings. The molecule has 0 aromatic heterocycles. The Balaban J connectivity index is 1.83. The van der Waals surface area contributed by atoms with Crippen molar-refractivity contribution < 1.29 is 4.79 Å². The van der Waals surface area contributed by atoms with Crippen LogP contribution in [0.3, 0.4) is 0 Å². The van der Waals surface area contributed by atoms with Crippen molar-refractivity contribution in [2.45, 2.75) is 25.9 Å². The van der Waals surface area contributed by atoms with Gasteiger partial charge in [-0.1, -0.05) is 12.1 Å². The van der Waals surface area contributed by atoms with Gasteiger partial charge in [0.25, 0.3) is 0 Å². The number of rotatable bonds is 5. The fourth-order valence-corrected chi connectivity index (χ4v) is 2.60. The molecule has 1 aliphatic rings. The minimum atomic E-state index is -0.0528. The maximum absolute atomic E-state index is 11.9. The zero-order chi connectivity index (χ0) is 16.1. The van der Waals surface area contributed by atoms with Gasteiger partial charge in [-0.2, -0.15) is 0 Å². The summed E-state index contributed by atoms with van der Waals surface area (Å²) >= 11 is 0. The predicted molar refractivity (Wildman–Crippen MR) is 91.5 cm³/mol. The first-order valence-corrected chi connectivity index (χ1v) is 7.71. The average Bonchev–Trinajstić information content (AvgIpc) is 2.82. The molecule has 5 nitrogen and oxygen atoms in total. The normalized spacial score (nSPS) is 24.6. The van der Waals surface area contributed by atoms with E-state index in [2.05, 4.69) is 30.0 Å². The van der Waals surface area contributed by atoms with Crippen molar-refractivity contribution in [2.75, 3.05) is 25.5 Å². The van der Waals surface area contributed by atoms with Gasteiger partial charge in [-0.15, -0.1) is 0 Å². The number of carbonyl (C=O) groups is 1. The Morgan fingerprint density at radius 2 is 1.77 bits per heavy atom. The molecule has 1 saturated heterocycles. The smallest absolute Gasteiger partial charge is 0.244 e. The highest BCUT2D eigenvalue weighted by molar-refractivity contribution is 5.91. The summed E-state index contributed by atoms with van der Waals surface area (Å²) in [6, 6.07) is 8.81. The number of nitrogens with one attached hydrogen (secondary N) is 3. The van der Waals surface area contributed by atoms with Crippen molar-refractivity contribution in [3.63, 3.8) is 0 Å². The summed E-state index contributed by atoms with van der Waals surface area (Å²) in [6.45, 7) is 4.91. The number of hydrogen-bond acceptors (Lipinski definition) is 4. The molecular weight excluding hydrogens is 276 g/mol. The second-order valence-corrected chi connectivity index (χ2v) is 6.09. The van der Waals surface area contributed by atoms with Crippen LogP contribution in [0, 0.1) is 5.92 Å². The molecule has 0 spiro atoms. The third-order valence-corrected chi connectivity index (χ3v) is 4.17. The van der Waals surface area contributed by atoms with Gasteiger partial charge in [-0.3, -0.25) is 15.6 Å². The van der Waals surface area contributed by atoms with E-state index in [4.69, 9.17) is 0 Å². The second kappa shape index (κ2) is 7.42. The molecular formula is C17H26N4O. The van der Waals surface area contributed by atoms with Crippen LogP contribution in [0.1, 0.15) is 19.4 Å². The van der Waals surface area contributed by atoms with Crippen LogP contribution in [0.4, 0.5) is 5.69 Å². The molecule has 1 heterocycles. The summed E-state index contributed by atoms with van der Waals surface area (Å²) in [6.07, 6.45) is 3.43. The van der Waals surface area contributed by atoms with Gasteiger partial charge in [0.15, 0.2) is 0 Å². The van der Waals surface area contributed by atoms with Gasteiger partial charge in [-0.25, -0.2) is 0 Å². The lowest BCUT2D eigenvalue weighted by molar-refractivity contribution is -0.116. The second-order valence-electron chi connectivity index (χ2n) is 6.09. The first-order chi connectivity index (χ1) is 10.5. The molecule has 120 valence electrons. The SMILES string of the molecule is CC1NNC(C)C1CNC(=O)/C=C/c1ccc(N(C)C)cc1. The maximum atomic E-state index is 11.9. The number of benzene rings is 1. The summed E-state index contributed by atoms with van der Waals surface area (Å²) in [5.41, 5.74) is 8.55. The molecule has 0 aliphatic carbocycles. The lowest BCUT2D eigenvalue weighted by Gasteiger charge is -2.17. The molecule has 1 aliphatic heterocycles. The molecule has 1 aromatic rings. The highest BCUT2D eigenvalue weighted by Crippen LogP contribution is 2.14. The van der Waals surface area contributed by atoms with Gasteiger partial charge in [-0.05, 0) is 37.6 Å². The van der Waals surface area contributed by atoms with Crippen molar-refractivity contribution in [3.8, 4) is 0 Å². The van der Waals surface area contributed by atoms with Gasteiger partial charge in [0, 0.05) is 50.4 Å². The van der Waals surface area contributed by atoms with E-state index in [1.807, 2.05) is 49.3 Å². The van der Waals surface area contributed by atoms with Gasteiger partial charge in [0.05, 0.1) is 0 Å². The zero-order valence-corrected chi connectivity index (χ0v) is 13.8. The van der Waals surface area contributed by atoms with Crippen LogP contribution in [0.5, 0.6) is 0 Å². The Bertz CT molecular complexity index is 514. The highest BCUT2D eigenvalue weighted by Gasteiger charge is 2.29. The van der Waals surface area contributed by atoms with E-state index in [-0.39, 0.29) is 5.91 Å². The van der Waals surface area contributed by atoms with E-state index in [0.29, 0.717) is 24.5 Å². The van der Waals surface area contributed by atoms with Gasteiger partial charge in [0.1, 0.15) is 0 Å². The number of hydrogen-bond donors (Lipinski definition) is 3. The third-order valence-electron chi connectivity index (χ3n) is 4.17. The van der Waals surface area contributed by atoms with E-state index in [1.165, 1.54) is 0 Å². The van der Waals surface area contributed by atoms with E-state index in [9.17, 15) is 4.79 Å². The zero-order valence-electron chi connectivity index (χ0n) is 13.8. The maximum Gasteiger partial charge on any atom is 0.244 e. The first-order valence-electron chi connectivity index (χ1n) is 7.71. The third kappa shape index (κ3) is 4.32. The largest absolute Gasteiger partial charge is 0.378 e. The van der Waals surface area contributed by atoms with Crippen LogP contribution in [0.2, 0.25) is 0 Å². The molecule has 0 radical (unpaired) electrons. The molecule has 3 N–H and O–H groups in total. The lowest BCUT2D eigenvalue weighted by Crippen LogP contribution is -2.36. The highest BCUT2D eigenvalue weighted by atomic mass is 16.1. The van der Waals surface area contributed by atoms with Crippen molar-refractivity contribution in [1.82, 2.24) is 16.2 Å². The summed E-state index contributed by atoms with van der Waals surface area (Å²) < 4.78 is 0. The molecule has 22 heavy (non-hydrogen) atoms. The van der Waals surface area contributed by atoms with E-state index >= 15 is 0 Å². The van der Waals surface area contributed by atoms with Crippen LogP contribution in [0.25, 0.3) is 6.08 Å². The fraction of sp³-hybridized carbons (Fsp3) is 0.471. The number of amides is 1. The summed E-state index contributed by atoms with van der Waals surface area (Å²) in [5.74, 6) is 0.347. The molecule has 0 bridgehead atoms. The monoisotopic (exact) mass is 302 g/mol. The minimum absolute atomic E-state index is 0.0528. The molecule has 2 rings (SSSR count). The topological polar surface area (TPSA) is 56.4 Å².